The van der Waals surface area contributed by atoms with E-state index in [1.165, 1.54) is 6.26 Å². The molecule has 2 unspecified atom stereocenters. The van der Waals surface area contributed by atoms with E-state index < -0.39 is 9.84 Å². The van der Waals surface area contributed by atoms with Gasteiger partial charge in [0.05, 0.1) is 18.0 Å². The van der Waals surface area contributed by atoms with Crippen molar-refractivity contribution in [1.82, 2.24) is 0 Å². The predicted molar refractivity (Wildman–Crippen MR) is 76.5 cm³/mol. The third-order valence-corrected chi connectivity index (χ3v) is 5.29. The zero-order valence-electron chi connectivity index (χ0n) is 11.2. The Morgan fingerprint density at radius 3 is 2.58 bits per heavy atom. The number of rotatable bonds is 4. The van der Waals surface area contributed by atoms with Gasteiger partial charge in [-0.25, -0.2) is 8.42 Å². The van der Waals surface area contributed by atoms with Crippen molar-refractivity contribution in [3.63, 3.8) is 0 Å². The highest BCUT2D eigenvalue weighted by Gasteiger charge is 2.29. The summed E-state index contributed by atoms with van der Waals surface area (Å²) in [5.74, 6) is 0. The molecule has 1 fully saturated rings. The van der Waals surface area contributed by atoms with Gasteiger partial charge in [-0.3, -0.25) is 0 Å². The molecule has 0 amide bonds. The lowest BCUT2D eigenvalue weighted by molar-refractivity contribution is 0.0178. The van der Waals surface area contributed by atoms with Crippen molar-refractivity contribution in [2.75, 3.05) is 12.0 Å². The lowest BCUT2D eigenvalue weighted by Crippen LogP contribution is -2.31. The van der Waals surface area contributed by atoms with Crippen LogP contribution in [0.15, 0.2) is 24.3 Å². The van der Waals surface area contributed by atoms with E-state index in [4.69, 9.17) is 10.5 Å². The zero-order valence-corrected chi connectivity index (χ0v) is 12.0. The number of hydrogen-bond acceptors (Lipinski definition) is 4. The Morgan fingerprint density at radius 1 is 1.26 bits per heavy atom. The lowest BCUT2D eigenvalue weighted by atomic mass is 9.97. The van der Waals surface area contributed by atoms with Gasteiger partial charge in [-0.05, 0) is 43.4 Å². The fraction of sp³-hybridized carbons (Fsp3) is 0.571. The number of nitrogen functional groups attached to an aromatic ring is 1. The standard InChI is InChI=1S/C14H21NO3S/c1-19(16,17)14-4-2-3-13(9-14)18-10-11-5-7-12(15)8-6-11/h5-8,13-14H,2-4,9-10,15H2,1H3. The summed E-state index contributed by atoms with van der Waals surface area (Å²) < 4.78 is 29.0. The number of anilines is 1. The SMILES string of the molecule is CS(=O)(=O)C1CCCC(OCc2ccc(N)cc2)C1. The third kappa shape index (κ3) is 4.21. The number of hydrogen-bond donors (Lipinski definition) is 1. The summed E-state index contributed by atoms with van der Waals surface area (Å²) >= 11 is 0. The molecule has 1 aliphatic rings. The van der Waals surface area contributed by atoms with E-state index in [0.717, 1.165) is 30.5 Å². The van der Waals surface area contributed by atoms with Crippen LogP contribution in [0.2, 0.25) is 0 Å². The van der Waals surface area contributed by atoms with Gasteiger partial charge in [0.2, 0.25) is 0 Å². The van der Waals surface area contributed by atoms with Crippen molar-refractivity contribution in [3.05, 3.63) is 29.8 Å². The van der Waals surface area contributed by atoms with Crippen LogP contribution in [0, 0.1) is 0 Å². The van der Waals surface area contributed by atoms with E-state index in [2.05, 4.69) is 0 Å². The molecule has 0 spiro atoms. The van der Waals surface area contributed by atoms with Crippen molar-refractivity contribution in [2.45, 2.75) is 43.6 Å². The molecular formula is C14H21NO3S. The van der Waals surface area contributed by atoms with Gasteiger partial charge in [-0.15, -0.1) is 0 Å². The first-order valence-corrected chi connectivity index (χ1v) is 8.55. The van der Waals surface area contributed by atoms with Gasteiger partial charge < -0.3 is 10.5 Å². The van der Waals surface area contributed by atoms with E-state index in [1.807, 2.05) is 24.3 Å². The van der Waals surface area contributed by atoms with Crippen molar-refractivity contribution in [3.8, 4) is 0 Å². The van der Waals surface area contributed by atoms with Gasteiger partial charge in [-0.2, -0.15) is 0 Å². The van der Waals surface area contributed by atoms with E-state index in [9.17, 15) is 8.42 Å². The maximum absolute atomic E-state index is 11.6. The van der Waals surface area contributed by atoms with Crippen LogP contribution in [0.1, 0.15) is 31.2 Å². The fourth-order valence-electron chi connectivity index (χ4n) is 2.47. The molecule has 0 aliphatic heterocycles. The molecule has 5 heteroatoms. The highest BCUT2D eigenvalue weighted by atomic mass is 32.2. The van der Waals surface area contributed by atoms with Crippen LogP contribution in [0.5, 0.6) is 0 Å². The Kier molecular flexibility index (Phi) is 4.47. The van der Waals surface area contributed by atoms with E-state index >= 15 is 0 Å². The summed E-state index contributed by atoms with van der Waals surface area (Å²) in [7, 11) is -2.94. The normalized spacial score (nSPS) is 24.3. The molecule has 2 rings (SSSR count). The van der Waals surface area contributed by atoms with Crippen molar-refractivity contribution in [2.24, 2.45) is 0 Å². The molecule has 0 bridgehead atoms. The quantitative estimate of drug-likeness (QED) is 0.860. The van der Waals surface area contributed by atoms with Crippen molar-refractivity contribution in [1.29, 1.82) is 0 Å². The molecule has 0 aromatic heterocycles. The molecule has 1 saturated carbocycles. The summed E-state index contributed by atoms with van der Waals surface area (Å²) in [5.41, 5.74) is 7.42. The molecule has 0 radical (unpaired) electrons. The predicted octanol–water partition coefficient (Wildman–Crippen LogP) is 2.14. The topological polar surface area (TPSA) is 69.4 Å². The Morgan fingerprint density at radius 2 is 1.95 bits per heavy atom. The number of sulfone groups is 1. The second kappa shape index (κ2) is 5.92. The summed E-state index contributed by atoms with van der Waals surface area (Å²) in [4.78, 5) is 0. The van der Waals surface area contributed by atoms with Gasteiger partial charge in [0, 0.05) is 11.9 Å². The maximum Gasteiger partial charge on any atom is 0.150 e. The Hall–Kier alpha value is -1.07. The average molecular weight is 283 g/mol. The second-order valence-electron chi connectivity index (χ2n) is 5.29. The Bertz CT molecular complexity index is 510. The van der Waals surface area contributed by atoms with Crippen LogP contribution in [0.3, 0.4) is 0 Å². The molecule has 2 atom stereocenters. The summed E-state index contributed by atoms with van der Waals surface area (Å²) in [6.07, 6.45) is 4.62. The van der Waals surface area contributed by atoms with Crippen LogP contribution in [-0.4, -0.2) is 26.0 Å². The molecule has 1 aliphatic carbocycles. The van der Waals surface area contributed by atoms with Crippen molar-refractivity contribution < 1.29 is 13.2 Å². The average Bonchev–Trinajstić information content (AvgIpc) is 2.37. The monoisotopic (exact) mass is 283 g/mol. The molecule has 2 N–H and O–H groups in total. The summed E-state index contributed by atoms with van der Waals surface area (Å²) in [6.45, 7) is 0.515. The summed E-state index contributed by atoms with van der Waals surface area (Å²) in [5, 5.41) is -0.238. The maximum atomic E-state index is 11.6. The third-order valence-electron chi connectivity index (χ3n) is 3.65. The first-order valence-electron chi connectivity index (χ1n) is 6.60. The van der Waals surface area contributed by atoms with E-state index in [0.29, 0.717) is 13.0 Å². The summed E-state index contributed by atoms with van der Waals surface area (Å²) in [6, 6.07) is 7.57. The Balaban J connectivity index is 1.87. The first-order chi connectivity index (χ1) is 8.95. The number of ether oxygens (including phenoxy) is 1. The van der Waals surface area contributed by atoms with Crippen molar-refractivity contribution >= 4 is 15.5 Å². The van der Waals surface area contributed by atoms with Gasteiger partial charge in [-0.1, -0.05) is 12.1 Å². The highest BCUT2D eigenvalue weighted by Crippen LogP contribution is 2.26. The van der Waals surface area contributed by atoms with E-state index in [-0.39, 0.29) is 11.4 Å². The van der Waals surface area contributed by atoms with Gasteiger partial charge in [0.1, 0.15) is 9.84 Å². The molecular weight excluding hydrogens is 262 g/mol. The fourth-order valence-corrected chi connectivity index (χ4v) is 3.63. The first kappa shape index (κ1) is 14.3. The van der Waals surface area contributed by atoms with Gasteiger partial charge in [0.25, 0.3) is 0 Å². The minimum absolute atomic E-state index is 0.0472. The lowest BCUT2D eigenvalue weighted by Gasteiger charge is -2.28. The van der Waals surface area contributed by atoms with Crippen LogP contribution in [0.4, 0.5) is 5.69 Å². The largest absolute Gasteiger partial charge is 0.399 e. The van der Waals surface area contributed by atoms with Crippen LogP contribution in [0.25, 0.3) is 0 Å². The minimum atomic E-state index is -2.94. The molecule has 0 heterocycles. The van der Waals surface area contributed by atoms with Gasteiger partial charge in [0.15, 0.2) is 0 Å². The molecule has 4 nitrogen and oxygen atoms in total. The molecule has 19 heavy (non-hydrogen) atoms. The smallest absolute Gasteiger partial charge is 0.150 e. The van der Waals surface area contributed by atoms with Crippen LogP contribution < -0.4 is 5.73 Å². The second-order valence-corrected chi connectivity index (χ2v) is 7.62. The van der Waals surface area contributed by atoms with E-state index in [1.54, 1.807) is 0 Å². The Labute approximate surface area is 114 Å². The highest BCUT2D eigenvalue weighted by molar-refractivity contribution is 7.91. The molecule has 1 aromatic rings. The number of benzene rings is 1. The molecule has 1 aromatic carbocycles. The molecule has 0 saturated heterocycles. The molecule has 106 valence electrons. The number of nitrogens with two attached hydrogens (primary N) is 1. The zero-order chi connectivity index (χ0) is 13.9. The van der Waals surface area contributed by atoms with Crippen LogP contribution in [-0.2, 0) is 21.2 Å². The minimum Gasteiger partial charge on any atom is -0.399 e. The van der Waals surface area contributed by atoms with Crippen LogP contribution >= 0.6 is 0 Å². The van der Waals surface area contributed by atoms with Gasteiger partial charge >= 0.3 is 0 Å².